The van der Waals surface area contributed by atoms with Gasteiger partial charge in [-0.05, 0) is 18.1 Å². The molecule has 1 aromatic carbocycles. The summed E-state index contributed by atoms with van der Waals surface area (Å²) in [6.45, 7) is 1.94. The maximum absolute atomic E-state index is 12.0. The zero-order valence-corrected chi connectivity index (χ0v) is 9.85. The van der Waals surface area contributed by atoms with Crippen LogP contribution in [0.2, 0.25) is 0 Å². The number of amides is 2. The summed E-state index contributed by atoms with van der Waals surface area (Å²) in [5.74, 6) is -0.466. The third-order valence-electron chi connectivity index (χ3n) is 3.04. The minimum atomic E-state index is -0.522. The fraction of sp³-hybridized carbons (Fsp3) is 0.385. The Morgan fingerprint density at radius 2 is 2.12 bits per heavy atom. The maximum Gasteiger partial charge on any atom is 0.240 e. The number of nitrogens with two attached hydrogens (primary N) is 1. The zero-order chi connectivity index (χ0) is 12.4. The summed E-state index contributed by atoms with van der Waals surface area (Å²) < 4.78 is 0. The van der Waals surface area contributed by atoms with Crippen LogP contribution in [-0.2, 0) is 16.0 Å². The molecular formula is C13H16N2O2. The molecule has 0 saturated carbocycles. The SMILES string of the molecule is CCCC(=O)N1c2ccccc2C[C@@H]1C(N)=O. The smallest absolute Gasteiger partial charge is 0.240 e. The number of primary amides is 1. The van der Waals surface area contributed by atoms with Gasteiger partial charge in [0.2, 0.25) is 11.8 Å². The predicted molar refractivity (Wildman–Crippen MR) is 65.5 cm³/mol. The van der Waals surface area contributed by atoms with E-state index in [2.05, 4.69) is 0 Å². The molecule has 17 heavy (non-hydrogen) atoms. The molecule has 0 unspecified atom stereocenters. The van der Waals surface area contributed by atoms with E-state index in [1.165, 1.54) is 0 Å². The van der Waals surface area contributed by atoms with Gasteiger partial charge in [0.1, 0.15) is 6.04 Å². The monoisotopic (exact) mass is 232 g/mol. The maximum atomic E-state index is 12.0. The third kappa shape index (κ3) is 2.02. The number of benzene rings is 1. The number of rotatable bonds is 3. The normalized spacial score (nSPS) is 17.9. The number of nitrogens with zero attached hydrogens (tertiary/aromatic N) is 1. The van der Waals surface area contributed by atoms with Crippen LogP contribution in [0.5, 0.6) is 0 Å². The van der Waals surface area contributed by atoms with E-state index in [0.717, 1.165) is 17.7 Å². The van der Waals surface area contributed by atoms with Crippen LogP contribution in [0.1, 0.15) is 25.3 Å². The van der Waals surface area contributed by atoms with Crippen molar-refractivity contribution in [2.24, 2.45) is 5.73 Å². The first-order valence-corrected chi connectivity index (χ1v) is 5.84. The minimum absolute atomic E-state index is 0.0266. The molecule has 0 aliphatic carbocycles. The molecular weight excluding hydrogens is 216 g/mol. The van der Waals surface area contributed by atoms with E-state index in [1.54, 1.807) is 4.90 Å². The van der Waals surface area contributed by atoms with Crippen LogP contribution in [0.4, 0.5) is 5.69 Å². The van der Waals surface area contributed by atoms with Gasteiger partial charge in [-0.1, -0.05) is 25.1 Å². The second-order valence-electron chi connectivity index (χ2n) is 4.26. The summed E-state index contributed by atoms with van der Waals surface area (Å²) in [6, 6.07) is 7.06. The molecule has 1 aliphatic heterocycles. The Bertz CT molecular complexity index is 456. The standard InChI is InChI=1S/C13H16N2O2/c1-2-5-12(16)15-10-7-4-3-6-9(10)8-11(15)13(14)17/h3-4,6-7,11H,2,5,8H2,1H3,(H2,14,17)/t11-/m1/s1. The van der Waals surface area contributed by atoms with Crippen molar-refractivity contribution >= 4 is 17.5 Å². The quantitative estimate of drug-likeness (QED) is 0.852. The van der Waals surface area contributed by atoms with Crippen LogP contribution in [0.3, 0.4) is 0 Å². The highest BCUT2D eigenvalue weighted by Gasteiger charge is 2.36. The number of fused-ring (bicyclic) bond motifs is 1. The molecule has 1 atom stereocenters. The molecule has 0 spiro atoms. The number of para-hydroxylation sites is 1. The van der Waals surface area contributed by atoms with Gasteiger partial charge in [-0.2, -0.15) is 0 Å². The summed E-state index contributed by atoms with van der Waals surface area (Å²) in [4.78, 5) is 25.0. The Morgan fingerprint density at radius 1 is 1.41 bits per heavy atom. The molecule has 90 valence electrons. The van der Waals surface area contributed by atoms with E-state index in [1.807, 2.05) is 31.2 Å². The minimum Gasteiger partial charge on any atom is -0.368 e. The van der Waals surface area contributed by atoms with Crippen LogP contribution in [0, 0.1) is 0 Å². The van der Waals surface area contributed by atoms with Gasteiger partial charge in [0.05, 0.1) is 0 Å². The molecule has 0 aromatic heterocycles. The highest BCUT2D eigenvalue weighted by Crippen LogP contribution is 2.32. The average Bonchev–Trinajstić information content (AvgIpc) is 2.68. The molecule has 1 aliphatic rings. The summed E-state index contributed by atoms with van der Waals surface area (Å²) in [5, 5.41) is 0. The lowest BCUT2D eigenvalue weighted by Crippen LogP contribution is -2.46. The van der Waals surface area contributed by atoms with E-state index in [0.29, 0.717) is 12.8 Å². The van der Waals surface area contributed by atoms with Gasteiger partial charge < -0.3 is 5.73 Å². The Morgan fingerprint density at radius 3 is 2.76 bits per heavy atom. The van der Waals surface area contributed by atoms with Gasteiger partial charge in [0.15, 0.2) is 0 Å². The fourth-order valence-corrected chi connectivity index (χ4v) is 2.26. The molecule has 2 N–H and O–H groups in total. The number of carbonyl (C=O) groups excluding carboxylic acids is 2. The van der Waals surface area contributed by atoms with Crippen molar-refractivity contribution in [3.05, 3.63) is 29.8 Å². The molecule has 4 heteroatoms. The van der Waals surface area contributed by atoms with Crippen molar-refractivity contribution in [2.75, 3.05) is 4.90 Å². The lowest BCUT2D eigenvalue weighted by Gasteiger charge is -2.23. The van der Waals surface area contributed by atoms with Crippen molar-refractivity contribution < 1.29 is 9.59 Å². The lowest BCUT2D eigenvalue weighted by molar-refractivity contribution is -0.124. The van der Waals surface area contributed by atoms with Crippen LogP contribution in [-0.4, -0.2) is 17.9 Å². The van der Waals surface area contributed by atoms with Gasteiger partial charge in [0, 0.05) is 18.5 Å². The van der Waals surface area contributed by atoms with E-state index >= 15 is 0 Å². The third-order valence-corrected chi connectivity index (χ3v) is 3.04. The summed E-state index contributed by atoms with van der Waals surface area (Å²) in [6.07, 6.45) is 1.74. The van der Waals surface area contributed by atoms with Crippen molar-refractivity contribution in [3.63, 3.8) is 0 Å². The van der Waals surface area contributed by atoms with Gasteiger partial charge in [-0.15, -0.1) is 0 Å². The predicted octanol–water partition coefficient (Wildman–Crippen LogP) is 1.23. The lowest BCUT2D eigenvalue weighted by atomic mass is 10.1. The van der Waals surface area contributed by atoms with Crippen LogP contribution in [0.25, 0.3) is 0 Å². The molecule has 4 nitrogen and oxygen atoms in total. The second kappa shape index (κ2) is 4.57. The molecule has 2 amide bonds. The largest absolute Gasteiger partial charge is 0.368 e. The first-order valence-electron chi connectivity index (χ1n) is 5.84. The van der Waals surface area contributed by atoms with Crippen LogP contribution < -0.4 is 10.6 Å². The van der Waals surface area contributed by atoms with Gasteiger partial charge in [-0.3, -0.25) is 14.5 Å². The van der Waals surface area contributed by atoms with E-state index in [9.17, 15) is 9.59 Å². The van der Waals surface area contributed by atoms with E-state index < -0.39 is 11.9 Å². The molecule has 0 radical (unpaired) electrons. The second-order valence-corrected chi connectivity index (χ2v) is 4.26. The fourth-order valence-electron chi connectivity index (χ4n) is 2.26. The first kappa shape index (κ1) is 11.6. The zero-order valence-electron chi connectivity index (χ0n) is 9.85. The van der Waals surface area contributed by atoms with Crippen molar-refractivity contribution in [1.82, 2.24) is 0 Å². The Labute approximate surface area is 100 Å². The van der Waals surface area contributed by atoms with Crippen molar-refractivity contribution in [3.8, 4) is 0 Å². The van der Waals surface area contributed by atoms with Crippen molar-refractivity contribution in [1.29, 1.82) is 0 Å². The highest BCUT2D eigenvalue weighted by molar-refractivity contribution is 6.03. The summed E-state index contributed by atoms with van der Waals surface area (Å²) in [5.41, 5.74) is 7.21. The number of hydrogen-bond donors (Lipinski definition) is 1. The molecule has 0 bridgehead atoms. The molecule has 0 fully saturated rings. The van der Waals surface area contributed by atoms with Crippen LogP contribution >= 0.6 is 0 Å². The van der Waals surface area contributed by atoms with E-state index in [-0.39, 0.29) is 5.91 Å². The van der Waals surface area contributed by atoms with Crippen LogP contribution in [0.15, 0.2) is 24.3 Å². The molecule has 1 heterocycles. The molecule has 0 saturated heterocycles. The average molecular weight is 232 g/mol. The summed E-state index contributed by atoms with van der Waals surface area (Å²) >= 11 is 0. The highest BCUT2D eigenvalue weighted by atomic mass is 16.2. The number of anilines is 1. The number of hydrogen-bond acceptors (Lipinski definition) is 2. The van der Waals surface area contributed by atoms with E-state index in [4.69, 9.17) is 5.73 Å². The first-order chi connectivity index (χ1) is 8.15. The number of carbonyl (C=O) groups is 2. The molecule has 1 aromatic rings. The van der Waals surface area contributed by atoms with Gasteiger partial charge >= 0.3 is 0 Å². The summed E-state index contributed by atoms with van der Waals surface area (Å²) in [7, 11) is 0. The van der Waals surface area contributed by atoms with Gasteiger partial charge in [0.25, 0.3) is 0 Å². The Kier molecular flexibility index (Phi) is 3.13. The van der Waals surface area contributed by atoms with Crippen molar-refractivity contribution in [2.45, 2.75) is 32.2 Å². The topological polar surface area (TPSA) is 63.4 Å². The Hall–Kier alpha value is -1.84. The van der Waals surface area contributed by atoms with Gasteiger partial charge in [-0.25, -0.2) is 0 Å². The Balaban J connectivity index is 2.37. The molecule has 2 rings (SSSR count).